The minimum atomic E-state index is -0.550. The summed E-state index contributed by atoms with van der Waals surface area (Å²) in [7, 11) is 1.66. The Hall–Kier alpha value is -2.73. The Morgan fingerprint density at radius 1 is 1.20 bits per heavy atom. The number of likely N-dealkylation sites (tertiary alicyclic amines) is 1. The maximum atomic E-state index is 11.8. The van der Waals surface area contributed by atoms with E-state index in [4.69, 9.17) is 26.2 Å². The van der Waals surface area contributed by atoms with Crippen molar-refractivity contribution in [1.29, 1.82) is 0 Å². The number of ether oxygens (including phenoxy) is 2. The standard InChI is InChI=1S/C23H24ClN3O3/c1-15(28)26-11-9-23(10-12-26)27-21(19-13-17(24)5-8-22(19)30-23)14-20(25-27)16-3-6-18(29-2)7-4-16/h3-8,13,21H,9-12,14H2,1-2H3/t21-/m1/s1. The van der Waals surface area contributed by atoms with E-state index in [1.54, 1.807) is 14.0 Å². The van der Waals surface area contributed by atoms with Crippen LogP contribution in [-0.4, -0.2) is 47.5 Å². The van der Waals surface area contributed by atoms with E-state index in [0.29, 0.717) is 31.0 Å². The van der Waals surface area contributed by atoms with E-state index in [9.17, 15) is 4.79 Å². The van der Waals surface area contributed by atoms with Gasteiger partial charge in [-0.3, -0.25) is 4.79 Å². The Morgan fingerprint density at radius 3 is 2.60 bits per heavy atom. The number of piperidine rings is 1. The maximum Gasteiger partial charge on any atom is 0.219 e. The van der Waals surface area contributed by atoms with Gasteiger partial charge < -0.3 is 14.4 Å². The molecule has 0 aromatic heterocycles. The van der Waals surface area contributed by atoms with Gasteiger partial charge in [0, 0.05) is 49.9 Å². The first kappa shape index (κ1) is 19.2. The molecule has 0 unspecified atom stereocenters. The SMILES string of the molecule is COc1ccc(C2=NN3[C@H](C2)c2cc(Cl)ccc2OC32CCN(C(C)=O)CC2)cc1. The highest BCUT2D eigenvalue weighted by molar-refractivity contribution is 6.30. The van der Waals surface area contributed by atoms with Gasteiger partial charge in [0.1, 0.15) is 11.5 Å². The number of hydrazone groups is 1. The highest BCUT2D eigenvalue weighted by atomic mass is 35.5. The molecular weight excluding hydrogens is 402 g/mol. The van der Waals surface area contributed by atoms with Crippen molar-refractivity contribution in [2.45, 2.75) is 38.0 Å². The minimum Gasteiger partial charge on any atom is -0.497 e. The molecule has 156 valence electrons. The fourth-order valence-corrected chi connectivity index (χ4v) is 4.89. The fraction of sp³-hybridized carbons (Fsp3) is 0.391. The minimum absolute atomic E-state index is 0.0634. The van der Waals surface area contributed by atoms with Crippen LogP contribution in [0.1, 0.15) is 43.4 Å². The molecule has 0 radical (unpaired) electrons. The van der Waals surface area contributed by atoms with Gasteiger partial charge in [-0.05, 0) is 48.0 Å². The van der Waals surface area contributed by atoms with E-state index < -0.39 is 5.72 Å². The van der Waals surface area contributed by atoms with Gasteiger partial charge in [0.15, 0.2) is 0 Å². The third-order valence-corrected chi connectivity index (χ3v) is 6.61. The van der Waals surface area contributed by atoms with Gasteiger partial charge in [0.05, 0.1) is 18.9 Å². The van der Waals surface area contributed by atoms with Crippen LogP contribution in [0.25, 0.3) is 0 Å². The molecule has 30 heavy (non-hydrogen) atoms. The van der Waals surface area contributed by atoms with Gasteiger partial charge in [0.2, 0.25) is 11.6 Å². The Kier molecular flexibility index (Phi) is 4.62. The second kappa shape index (κ2) is 7.20. The van der Waals surface area contributed by atoms with E-state index in [-0.39, 0.29) is 11.9 Å². The molecule has 5 rings (SSSR count). The Morgan fingerprint density at radius 2 is 1.93 bits per heavy atom. The van der Waals surface area contributed by atoms with E-state index in [1.807, 2.05) is 47.4 Å². The van der Waals surface area contributed by atoms with Crippen LogP contribution in [0.4, 0.5) is 0 Å². The lowest BCUT2D eigenvalue weighted by Crippen LogP contribution is -2.59. The number of rotatable bonds is 2. The average Bonchev–Trinajstić information content (AvgIpc) is 3.22. The number of hydrogen-bond donors (Lipinski definition) is 0. The molecule has 0 N–H and O–H groups in total. The lowest BCUT2D eigenvalue weighted by molar-refractivity contribution is -0.158. The zero-order valence-electron chi connectivity index (χ0n) is 17.1. The molecule has 0 aliphatic carbocycles. The number of benzene rings is 2. The summed E-state index contributed by atoms with van der Waals surface area (Å²) < 4.78 is 11.9. The van der Waals surface area contributed by atoms with Crippen LogP contribution < -0.4 is 9.47 Å². The zero-order chi connectivity index (χ0) is 20.9. The predicted octanol–water partition coefficient (Wildman–Crippen LogP) is 4.23. The average molecular weight is 426 g/mol. The topological polar surface area (TPSA) is 54.4 Å². The van der Waals surface area contributed by atoms with Gasteiger partial charge >= 0.3 is 0 Å². The van der Waals surface area contributed by atoms with Crippen molar-refractivity contribution in [1.82, 2.24) is 9.91 Å². The second-order valence-corrected chi connectivity index (χ2v) is 8.51. The summed E-state index contributed by atoms with van der Waals surface area (Å²) in [5, 5.41) is 7.87. The molecule has 0 saturated carbocycles. The Bertz CT molecular complexity index is 1010. The predicted molar refractivity (Wildman–Crippen MR) is 115 cm³/mol. The monoisotopic (exact) mass is 425 g/mol. The van der Waals surface area contributed by atoms with E-state index in [0.717, 1.165) is 34.8 Å². The van der Waals surface area contributed by atoms with Gasteiger partial charge in [0.25, 0.3) is 0 Å². The number of carbonyl (C=O) groups excluding carboxylic acids is 1. The van der Waals surface area contributed by atoms with E-state index >= 15 is 0 Å². The molecule has 1 atom stereocenters. The molecule has 6 nitrogen and oxygen atoms in total. The van der Waals surface area contributed by atoms with Crippen LogP contribution in [0, 0.1) is 0 Å². The van der Waals surface area contributed by atoms with E-state index in [1.165, 1.54) is 0 Å². The largest absolute Gasteiger partial charge is 0.497 e. The molecule has 0 bridgehead atoms. The summed E-state index contributed by atoms with van der Waals surface area (Å²) in [6.07, 6.45) is 2.20. The number of fused-ring (bicyclic) bond motifs is 4. The van der Waals surface area contributed by atoms with Gasteiger partial charge in [-0.25, -0.2) is 5.01 Å². The molecule has 7 heteroatoms. The number of amides is 1. The third-order valence-electron chi connectivity index (χ3n) is 6.37. The van der Waals surface area contributed by atoms with Crippen LogP contribution in [0.15, 0.2) is 47.6 Å². The van der Waals surface area contributed by atoms with Crippen LogP contribution in [0.5, 0.6) is 11.5 Å². The second-order valence-electron chi connectivity index (χ2n) is 8.08. The molecule has 1 fully saturated rings. The number of hydrogen-bond acceptors (Lipinski definition) is 5. The van der Waals surface area contributed by atoms with Crippen molar-refractivity contribution in [2.24, 2.45) is 5.10 Å². The molecule has 3 aliphatic rings. The smallest absolute Gasteiger partial charge is 0.219 e. The number of methoxy groups -OCH3 is 1. The first-order valence-electron chi connectivity index (χ1n) is 10.2. The summed E-state index contributed by atoms with van der Waals surface area (Å²) in [4.78, 5) is 13.7. The Balaban J connectivity index is 1.53. The third kappa shape index (κ3) is 3.10. The zero-order valence-corrected chi connectivity index (χ0v) is 17.9. The lowest BCUT2D eigenvalue weighted by Gasteiger charge is -2.51. The van der Waals surface area contributed by atoms with Crippen molar-refractivity contribution in [3.05, 3.63) is 58.6 Å². The molecule has 2 aromatic carbocycles. The number of halogens is 1. The van der Waals surface area contributed by atoms with Crippen LogP contribution in [0.3, 0.4) is 0 Å². The van der Waals surface area contributed by atoms with E-state index in [2.05, 4.69) is 5.01 Å². The van der Waals surface area contributed by atoms with Crippen molar-refractivity contribution < 1.29 is 14.3 Å². The summed E-state index contributed by atoms with van der Waals surface area (Å²) >= 11 is 6.32. The summed E-state index contributed by atoms with van der Waals surface area (Å²) in [5.74, 6) is 1.79. The van der Waals surface area contributed by atoms with Crippen LogP contribution in [-0.2, 0) is 4.79 Å². The number of carbonyl (C=O) groups is 1. The van der Waals surface area contributed by atoms with Crippen LogP contribution >= 0.6 is 11.6 Å². The highest BCUT2D eigenvalue weighted by Gasteiger charge is 2.52. The molecule has 1 saturated heterocycles. The fourth-order valence-electron chi connectivity index (χ4n) is 4.71. The molecule has 3 aliphatic heterocycles. The molecule has 2 aromatic rings. The summed E-state index contributed by atoms with van der Waals surface area (Å²) in [6, 6.07) is 13.9. The molecule has 1 spiro atoms. The van der Waals surface area contributed by atoms with Crippen molar-refractivity contribution in [2.75, 3.05) is 20.2 Å². The summed E-state index contributed by atoms with van der Waals surface area (Å²) in [5.41, 5.74) is 2.61. The first-order chi connectivity index (χ1) is 14.5. The maximum absolute atomic E-state index is 11.8. The molecule has 3 heterocycles. The van der Waals surface area contributed by atoms with Gasteiger partial charge in [-0.1, -0.05) is 11.6 Å². The Labute approximate surface area is 181 Å². The van der Waals surface area contributed by atoms with Crippen molar-refractivity contribution in [3.63, 3.8) is 0 Å². The summed E-state index contributed by atoms with van der Waals surface area (Å²) in [6.45, 7) is 2.94. The first-order valence-corrected chi connectivity index (χ1v) is 10.6. The van der Waals surface area contributed by atoms with Gasteiger partial charge in [-0.2, -0.15) is 5.10 Å². The quantitative estimate of drug-likeness (QED) is 0.722. The lowest BCUT2D eigenvalue weighted by atomic mass is 9.90. The molecule has 1 amide bonds. The van der Waals surface area contributed by atoms with Crippen molar-refractivity contribution in [3.8, 4) is 11.5 Å². The highest BCUT2D eigenvalue weighted by Crippen LogP contribution is 2.50. The molecular formula is C23H24ClN3O3. The van der Waals surface area contributed by atoms with Crippen molar-refractivity contribution >= 4 is 23.2 Å². The van der Waals surface area contributed by atoms with Crippen LogP contribution in [0.2, 0.25) is 5.02 Å². The normalized spacial score (nSPS) is 21.6. The van der Waals surface area contributed by atoms with Gasteiger partial charge in [-0.15, -0.1) is 0 Å². The number of nitrogens with zero attached hydrogens (tertiary/aromatic N) is 3.